The monoisotopic (exact) mass is 458 g/mol. The van der Waals surface area contributed by atoms with Crippen LogP contribution in [0.15, 0.2) is 79.6 Å². The lowest BCUT2D eigenvalue weighted by Crippen LogP contribution is -2.31. The van der Waals surface area contributed by atoms with Gasteiger partial charge in [-0.15, -0.1) is 0 Å². The van der Waals surface area contributed by atoms with Crippen molar-refractivity contribution >= 4 is 11.0 Å². The summed E-state index contributed by atoms with van der Waals surface area (Å²) < 4.78 is 9.25. The number of rotatable bonds is 15. The van der Waals surface area contributed by atoms with E-state index in [4.69, 9.17) is 0 Å². The van der Waals surface area contributed by atoms with E-state index in [1.807, 2.05) is 0 Å². The van der Waals surface area contributed by atoms with Gasteiger partial charge < -0.3 is 0 Å². The molecule has 0 aliphatic carbocycles. The van der Waals surface area contributed by atoms with Crippen LogP contribution >= 0.6 is 0 Å². The van der Waals surface area contributed by atoms with Crippen LogP contribution < -0.4 is 9.13 Å². The Balaban J connectivity index is 0.981. The van der Waals surface area contributed by atoms with Crippen LogP contribution in [-0.4, -0.2) is 9.13 Å². The van der Waals surface area contributed by atoms with Crippen molar-refractivity contribution in [3.63, 3.8) is 0 Å². The summed E-state index contributed by atoms with van der Waals surface area (Å²) in [5.41, 5.74) is 4.03. The molecule has 4 aromatic rings. The average Bonchev–Trinajstić information content (AvgIpc) is 3.44. The lowest BCUT2D eigenvalue weighted by Gasteiger charge is -2.02. The number of fused-ring (bicyclic) bond motifs is 1. The van der Waals surface area contributed by atoms with Gasteiger partial charge in [0, 0.05) is 0 Å². The van der Waals surface area contributed by atoms with Crippen LogP contribution in [0.1, 0.15) is 69.8 Å². The highest BCUT2D eigenvalue weighted by molar-refractivity contribution is 5.71. The minimum absolute atomic E-state index is 0.954. The summed E-state index contributed by atoms with van der Waals surface area (Å²) in [4.78, 5) is 0. The summed E-state index contributed by atoms with van der Waals surface area (Å²) in [5.74, 6) is 0. The molecule has 0 amide bonds. The number of unbranched alkanes of at least 4 members (excludes halogenated alkanes) is 9. The number of benzene rings is 2. The third kappa shape index (κ3) is 7.31. The summed E-state index contributed by atoms with van der Waals surface area (Å²) in [6.07, 6.45) is 22.5. The maximum atomic E-state index is 2.41. The molecule has 0 aliphatic rings. The zero-order valence-electron chi connectivity index (χ0n) is 21.0. The van der Waals surface area contributed by atoms with Gasteiger partial charge in [0.25, 0.3) is 0 Å². The predicted molar refractivity (Wildman–Crippen MR) is 139 cm³/mol. The van der Waals surface area contributed by atoms with Gasteiger partial charge in [0.15, 0.2) is 11.0 Å². The van der Waals surface area contributed by atoms with Gasteiger partial charge in [-0.1, -0.05) is 81.0 Å². The van der Waals surface area contributed by atoms with E-state index in [0.29, 0.717) is 0 Å². The van der Waals surface area contributed by atoms with Gasteiger partial charge in [0.2, 0.25) is 12.7 Å². The number of hydrogen-bond donors (Lipinski definition) is 0. The quantitative estimate of drug-likeness (QED) is 0.149. The molecule has 0 atom stereocenters. The molecule has 0 bridgehead atoms. The van der Waals surface area contributed by atoms with Crippen LogP contribution in [-0.2, 0) is 26.7 Å². The summed E-state index contributed by atoms with van der Waals surface area (Å²) in [5, 5.41) is 0. The fraction of sp³-hybridized carbons (Fsp3) is 0.467. The Morgan fingerprint density at radius 2 is 1.26 bits per heavy atom. The van der Waals surface area contributed by atoms with Crippen molar-refractivity contribution in [3.8, 4) is 0 Å². The van der Waals surface area contributed by atoms with Crippen LogP contribution in [0, 0.1) is 0 Å². The smallest absolute Gasteiger partial charge is 0.237 e. The molecule has 2 heterocycles. The number of para-hydroxylation sites is 2. The van der Waals surface area contributed by atoms with E-state index in [9.17, 15) is 0 Å². The third-order valence-corrected chi connectivity index (χ3v) is 6.90. The molecular weight excluding hydrogens is 416 g/mol. The lowest BCUT2D eigenvalue weighted by atomic mass is 10.1. The Morgan fingerprint density at radius 3 is 2.00 bits per heavy atom. The van der Waals surface area contributed by atoms with Gasteiger partial charge in [-0.05, 0) is 43.4 Å². The highest BCUT2D eigenvalue weighted by Gasteiger charge is 2.11. The van der Waals surface area contributed by atoms with Crippen LogP contribution in [0.5, 0.6) is 0 Å². The van der Waals surface area contributed by atoms with Crippen LogP contribution in [0.25, 0.3) is 11.0 Å². The van der Waals surface area contributed by atoms with E-state index < -0.39 is 0 Å². The third-order valence-electron chi connectivity index (χ3n) is 6.90. The van der Waals surface area contributed by atoms with Crippen molar-refractivity contribution in [2.24, 2.45) is 7.05 Å². The van der Waals surface area contributed by atoms with E-state index >= 15 is 0 Å². The number of aryl methyl sites for hydroxylation is 3. The first-order valence-electron chi connectivity index (χ1n) is 13.3. The van der Waals surface area contributed by atoms with Crippen LogP contribution in [0.3, 0.4) is 0 Å². The molecule has 0 fully saturated rings. The predicted octanol–water partition coefficient (Wildman–Crippen LogP) is 6.20. The Kier molecular flexibility index (Phi) is 9.36. The first-order valence-corrected chi connectivity index (χ1v) is 13.3. The molecule has 0 unspecified atom stereocenters. The Morgan fingerprint density at radius 1 is 0.647 bits per heavy atom. The molecule has 2 aromatic heterocycles. The van der Waals surface area contributed by atoms with Gasteiger partial charge in [-0.25, -0.2) is 18.3 Å². The molecule has 0 saturated carbocycles. The molecule has 0 aliphatic heterocycles. The summed E-state index contributed by atoms with van der Waals surface area (Å²) in [6, 6.07) is 19.4. The summed E-state index contributed by atoms with van der Waals surface area (Å²) >= 11 is 0. The normalized spacial score (nSPS) is 11.4. The lowest BCUT2D eigenvalue weighted by molar-refractivity contribution is -0.687. The van der Waals surface area contributed by atoms with Crippen molar-refractivity contribution in [2.45, 2.75) is 83.8 Å². The van der Waals surface area contributed by atoms with Crippen molar-refractivity contribution in [1.82, 2.24) is 9.13 Å². The maximum absolute atomic E-state index is 2.41. The largest absolute Gasteiger partial charge is 0.244 e. The molecule has 34 heavy (non-hydrogen) atoms. The highest BCUT2D eigenvalue weighted by atomic mass is 15.1. The second-order valence-electron chi connectivity index (χ2n) is 9.75. The fourth-order valence-corrected chi connectivity index (χ4v) is 4.97. The minimum Gasteiger partial charge on any atom is -0.237 e. The molecule has 0 N–H and O–H groups in total. The molecular formula is C30H42N4+2. The zero-order valence-corrected chi connectivity index (χ0v) is 21.0. The molecule has 0 radical (unpaired) electrons. The molecule has 0 saturated heterocycles. The van der Waals surface area contributed by atoms with Crippen LogP contribution in [0.2, 0.25) is 0 Å². The number of hydrogen-bond acceptors (Lipinski definition) is 0. The molecule has 4 heteroatoms. The maximum Gasteiger partial charge on any atom is 0.244 e. The van der Waals surface area contributed by atoms with E-state index in [1.165, 1.54) is 80.8 Å². The van der Waals surface area contributed by atoms with Crippen molar-refractivity contribution in [1.29, 1.82) is 0 Å². The first-order chi connectivity index (χ1) is 16.8. The molecule has 2 aromatic carbocycles. The number of imidazole rings is 2. The second-order valence-corrected chi connectivity index (χ2v) is 9.75. The molecule has 4 rings (SSSR count). The fourth-order valence-electron chi connectivity index (χ4n) is 4.97. The van der Waals surface area contributed by atoms with Gasteiger partial charge in [-0.2, -0.15) is 0 Å². The standard InChI is InChI=1S/C30H42N4/c1-31-26-34(30-20-14-13-19-29(30)31)22-16-9-7-5-3-2-4-6-8-15-21-32-23-24-33(27-32)25-28-17-11-10-12-18-28/h10-14,17-20,23-24,26-27H,2-9,15-16,21-22,25H2,1H3/q+2. The van der Waals surface area contributed by atoms with Gasteiger partial charge >= 0.3 is 0 Å². The van der Waals surface area contributed by atoms with E-state index in [2.05, 4.69) is 105 Å². The van der Waals surface area contributed by atoms with Gasteiger partial charge in [0.05, 0.1) is 20.1 Å². The number of nitrogens with zero attached hydrogens (tertiary/aromatic N) is 4. The SMILES string of the molecule is C[n+]1cn(CCCCCCCCCCCCn2cc[n+](Cc3ccccc3)c2)c2ccccc21. The molecule has 4 nitrogen and oxygen atoms in total. The van der Waals surface area contributed by atoms with Crippen molar-refractivity contribution < 1.29 is 9.13 Å². The Hall–Kier alpha value is -2.88. The number of aromatic nitrogens is 4. The highest BCUT2D eigenvalue weighted by Crippen LogP contribution is 2.14. The van der Waals surface area contributed by atoms with Gasteiger partial charge in [-0.3, -0.25) is 0 Å². The summed E-state index contributed by atoms with van der Waals surface area (Å²) in [7, 11) is 2.14. The van der Waals surface area contributed by atoms with Crippen LogP contribution in [0.4, 0.5) is 0 Å². The Bertz CT molecular complexity index is 1110. The van der Waals surface area contributed by atoms with Crippen molar-refractivity contribution in [3.05, 3.63) is 85.2 Å². The topological polar surface area (TPSA) is 17.6 Å². The molecule has 0 spiro atoms. The first kappa shape index (κ1) is 24.3. The van der Waals surface area contributed by atoms with E-state index in [1.54, 1.807) is 0 Å². The van der Waals surface area contributed by atoms with Crippen molar-refractivity contribution in [2.75, 3.05) is 0 Å². The summed E-state index contributed by atoms with van der Waals surface area (Å²) in [6.45, 7) is 3.22. The average molecular weight is 459 g/mol. The zero-order chi connectivity index (χ0) is 23.4. The second kappa shape index (κ2) is 13.1. The van der Waals surface area contributed by atoms with Gasteiger partial charge in [0.1, 0.15) is 18.9 Å². The van der Waals surface area contributed by atoms with E-state index in [0.717, 1.165) is 19.6 Å². The van der Waals surface area contributed by atoms with E-state index in [-0.39, 0.29) is 0 Å². The minimum atomic E-state index is 0.954. The Labute approximate surface area is 205 Å². The molecule has 180 valence electrons.